The average molecular weight is 366 g/mol. The topological polar surface area (TPSA) is 81.2 Å². The smallest absolute Gasteiger partial charge is 0.328 e. The number of rotatable bonds is 6. The van der Waals surface area contributed by atoms with Crippen LogP contribution in [0.2, 0.25) is 5.02 Å². The number of nitrogens with one attached hydrogen (secondary N) is 1. The molecule has 0 saturated carbocycles. The number of amides is 1. The van der Waals surface area contributed by atoms with Crippen LogP contribution in [0.3, 0.4) is 0 Å². The van der Waals surface area contributed by atoms with Gasteiger partial charge in [-0.15, -0.1) is 0 Å². The number of carbonyl (C=O) groups is 2. The quantitative estimate of drug-likeness (QED) is 0.481. The molecule has 0 fully saturated rings. The van der Waals surface area contributed by atoms with Crippen LogP contribution in [0.1, 0.15) is 16.1 Å². The van der Waals surface area contributed by atoms with Gasteiger partial charge in [0.1, 0.15) is 6.04 Å². The molecule has 1 amide bonds. The van der Waals surface area contributed by atoms with Crippen molar-refractivity contribution in [3.8, 4) is 0 Å². The van der Waals surface area contributed by atoms with Crippen LogP contribution < -0.4 is 5.32 Å². The number of thioether (sulfide) groups is 1. The van der Waals surface area contributed by atoms with Gasteiger partial charge < -0.3 is 10.1 Å². The van der Waals surface area contributed by atoms with Gasteiger partial charge in [0.05, 0.1) is 18.3 Å². The number of carbonyl (C=O) groups excluding carboxylic acids is 2. The van der Waals surface area contributed by atoms with Crippen molar-refractivity contribution < 1.29 is 14.3 Å². The lowest BCUT2D eigenvalue weighted by Crippen LogP contribution is -2.43. The predicted molar refractivity (Wildman–Crippen MR) is 92.2 cm³/mol. The average Bonchev–Trinajstić information content (AvgIpc) is 2.61. The number of halogens is 1. The highest BCUT2D eigenvalue weighted by Crippen LogP contribution is 2.17. The Balaban J connectivity index is 2.20. The van der Waals surface area contributed by atoms with Gasteiger partial charge in [-0.1, -0.05) is 53.7 Å². The zero-order chi connectivity index (χ0) is 17.5. The number of hydrogen-bond donors (Lipinski definition) is 1. The molecule has 0 saturated heterocycles. The van der Waals surface area contributed by atoms with E-state index in [-0.39, 0.29) is 10.7 Å². The van der Waals surface area contributed by atoms with Crippen molar-refractivity contribution in [1.29, 1.82) is 0 Å². The zero-order valence-electron chi connectivity index (χ0n) is 13.2. The molecule has 1 atom stereocenters. The van der Waals surface area contributed by atoms with Crippen LogP contribution in [0, 0.1) is 0 Å². The molecule has 1 aromatic carbocycles. The molecule has 6 nitrogen and oxygen atoms in total. The SMILES string of the molecule is COC(=O)C(Cc1ccccc1)NC(=O)c1nc(SC)ncc1Cl. The summed E-state index contributed by atoms with van der Waals surface area (Å²) in [5.74, 6) is -1.09. The fourth-order valence-corrected chi connectivity index (χ4v) is 2.54. The summed E-state index contributed by atoms with van der Waals surface area (Å²) in [4.78, 5) is 32.5. The summed E-state index contributed by atoms with van der Waals surface area (Å²) < 4.78 is 4.77. The standard InChI is InChI=1S/C16H16ClN3O3S/c1-23-15(22)12(8-10-6-4-3-5-7-10)19-14(21)13-11(17)9-18-16(20-13)24-2/h3-7,9,12H,8H2,1-2H3,(H,19,21). The van der Waals surface area contributed by atoms with Crippen molar-refractivity contribution in [2.45, 2.75) is 17.6 Å². The van der Waals surface area contributed by atoms with Crippen LogP contribution in [0.15, 0.2) is 41.7 Å². The van der Waals surface area contributed by atoms with Gasteiger partial charge in [-0.25, -0.2) is 14.8 Å². The van der Waals surface area contributed by atoms with E-state index in [1.807, 2.05) is 30.3 Å². The lowest BCUT2D eigenvalue weighted by molar-refractivity contribution is -0.142. The number of methoxy groups -OCH3 is 1. The Kier molecular flexibility index (Phi) is 6.57. The minimum Gasteiger partial charge on any atom is -0.467 e. The third-order valence-corrected chi connectivity index (χ3v) is 4.03. The lowest BCUT2D eigenvalue weighted by Gasteiger charge is -2.16. The number of hydrogen-bond acceptors (Lipinski definition) is 6. The van der Waals surface area contributed by atoms with E-state index in [0.717, 1.165) is 5.56 Å². The first-order chi connectivity index (χ1) is 11.5. The molecule has 2 rings (SSSR count). The van der Waals surface area contributed by atoms with E-state index >= 15 is 0 Å². The second kappa shape index (κ2) is 8.65. The van der Waals surface area contributed by atoms with Crippen LogP contribution in [0.5, 0.6) is 0 Å². The Morgan fingerprint density at radius 2 is 2.04 bits per heavy atom. The molecule has 0 spiro atoms. The van der Waals surface area contributed by atoms with Crippen LogP contribution >= 0.6 is 23.4 Å². The van der Waals surface area contributed by atoms with Gasteiger partial charge in [-0.2, -0.15) is 0 Å². The molecule has 1 N–H and O–H groups in total. The van der Waals surface area contributed by atoms with Crippen molar-refractivity contribution in [1.82, 2.24) is 15.3 Å². The molecule has 0 bridgehead atoms. The molecule has 1 unspecified atom stereocenters. The van der Waals surface area contributed by atoms with Crippen molar-refractivity contribution in [3.05, 3.63) is 52.8 Å². The number of esters is 1. The van der Waals surface area contributed by atoms with Crippen molar-refractivity contribution in [2.75, 3.05) is 13.4 Å². The zero-order valence-corrected chi connectivity index (χ0v) is 14.7. The van der Waals surface area contributed by atoms with Gasteiger partial charge in [-0.05, 0) is 11.8 Å². The molecule has 1 aromatic heterocycles. The maximum Gasteiger partial charge on any atom is 0.328 e. The van der Waals surface area contributed by atoms with Crippen molar-refractivity contribution in [2.24, 2.45) is 0 Å². The number of benzene rings is 1. The third kappa shape index (κ3) is 4.69. The molecule has 8 heteroatoms. The van der Waals surface area contributed by atoms with E-state index in [1.54, 1.807) is 6.26 Å². The van der Waals surface area contributed by atoms with Gasteiger partial charge in [0, 0.05) is 6.42 Å². The molecule has 0 radical (unpaired) electrons. The van der Waals surface area contributed by atoms with Gasteiger partial charge in [0.2, 0.25) is 0 Å². The summed E-state index contributed by atoms with van der Waals surface area (Å²) in [6.07, 6.45) is 3.45. The third-order valence-electron chi connectivity index (χ3n) is 3.19. The Morgan fingerprint density at radius 1 is 1.33 bits per heavy atom. The van der Waals surface area contributed by atoms with Gasteiger partial charge in [0.25, 0.3) is 5.91 Å². The number of nitrogens with zero attached hydrogens (tertiary/aromatic N) is 2. The second-order valence-electron chi connectivity index (χ2n) is 4.79. The monoisotopic (exact) mass is 365 g/mol. The first kappa shape index (κ1) is 18.2. The highest BCUT2D eigenvalue weighted by molar-refractivity contribution is 7.98. The van der Waals surface area contributed by atoms with Crippen LogP contribution in [-0.4, -0.2) is 41.3 Å². The first-order valence-electron chi connectivity index (χ1n) is 7.04. The van der Waals surface area contributed by atoms with Crippen LogP contribution in [0.4, 0.5) is 0 Å². The maximum absolute atomic E-state index is 12.5. The number of aromatic nitrogens is 2. The Bertz CT molecular complexity index is 728. The summed E-state index contributed by atoms with van der Waals surface area (Å²) in [7, 11) is 1.27. The minimum absolute atomic E-state index is 0.0259. The summed E-state index contributed by atoms with van der Waals surface area (Å²) >= 11 is 7.28. The summed E-state index contributed by atoms with van der Waals surface area (Å²) in [5, 5.41) is 3.16. The van der Waals surface area contributed by atoms with E-state index in [4.69, 9.17) is 16.3 Å². The summed E-state index contributed by atoms with van der Waals surface area (Å²) in [6, 6.07) is 8.49. The van der Waals surface area contributed by atoms with Crippen LogP contribution in [-0.2, 0) is 16.0 Å². The normalized spacial score (nSPS) is 11.6. The summed E-state index contributed by atoms with van der Waals surface area (Å²) in [6.45, 7) is 0. The first-order valence-corrected chi connectivity index (χ1v) is 8.64. The van der Waals surface area contributed by atoms with E-state index < -0.39 is 17.9 Å². The van der Waals surface area contributed by atoms with E-state index in [1.165, 1.54) is 25.1 Å². The molecular formula is C16H16ClN3O3S. The Hall–Kier alpha value is -2.12. The molecule has 0 aliphatic rings. The molecule has 126 valence electrons. The summed E-state index contributed by atoms with van der Waals surface area (Å²) in [5.41, 5.74) is 0.921. The van der Waals surface area contributed by atoms with E-state index in [0.29, 0.717) is 11.6 Å². The van der Waals surface area contributed by atoms with E-state index in [2.05, 4.69) is 15.3 Å². The van der Waals surface area contributed by atoms with E-state index in [9.17, 15) is 9.59 Å². The second-order valence-corrected chi connectivity index (χ2v) is 5.97. The van der Waals surface area contributed by atoms with Crippen LogP contribution in [0.25, 0.3) is 0 Å². The van der Waals surface area contributed by atoms with Gasteiger partial charge >= 0.3 is 5.97 Å². The fourth-order valence-electron chi connectivity index (χ4n) is 2.02. The number of ether oxygens (including phenoxy) is 1. The van der Waals surface area contributed by atoms with Crippen molar-refractivity contribution >= 4 is 35.2 Å². The molecule has 0 aliphatic carbocycles. The molecule has 24 heavy (non-hydrogen) atoms. The van der Waals surface area contributed by atoms with Gasteiger partial charge in [-0.3, -0.25) is 4.79 Å². The fraction of sp³-hybridized carbons (Fsp3) is 0.250. The predicted octanol–water partition coefficient (Wildman–Crippen LogP) is 2.37. The molecular weight excluding hydrogens is 350 g/mol. The molecule has 1 heterocycles. The molecule has 0 aliphatic heterocycles. The maximum atomic E-state index is 12.5. The highest BCUT2D eigenvalue weighted by atomic mass is 35.5. The van der Waals surface area contributed by atoms with Gasteiger partial charge in [0.15, 0.2) is 10.9 Å². The largest absolute Gasteiger partial charge is 0.467 e. The highest BCUT2D eigenvalue weighted by Gasteiger charge is 2.24. The Labute approximate surface area is 149 Å². The molecule has 2 aromatic rings. The minimum atomic E-state index is -0.839. The van der Waals surface area contributed by atoms with Crippen molar-refractivity contribution in [3.63, 3.8) is 0 Å². The Morgan fingerprint density at radius 3 is 2.67 bits per heavy atom. The lowest BCUT2D eigenvalue weighted by atomic mass is 10.1.